The van der Waals surface area contributed by atoms with Gasteiger partial charge >= 0.3 is 0 Å². The van der Waals surface area contributed by atoms with Crippen molar-refractivity contribution in [2.45, 2.75) is 32.9 Å². The molecular formula is C14H21ClN4. The molecule has 2 aromatic rings. The van der Waals surface area contributed by atoms with Crippen LogP contribution in [0.3, 0.4) is 0 Å². The largest absolute Gasteiger partial charge is 0.369 e. The van der Waals surface area contributed by atoms with E-state index >= 15 is 0 Å². The molecule has 1 heterocycles. The Balaban J connectivity index is 2.23. The molecule has 0 aliphatic carbocycles. The molecule has 0 spiro atoms. The van der Waals surface area contributed by atoms with Crippen LogP contribution in [0, 0.1) is 0 Å². The zero-order valence-electron chi connectivity index (χ0n) is 11.7. The van der Waals surface area contributed by atoms with E-state index in [-0.39, 0.29) is 0 Å². The van der Waals surface area contributed by atoms with Gasteiger partial charge in [0, 0.05) is 19.1 Å². The maximum absolute atomic E-state index is 6.25. The van der Waals surface area contributed by atoms with Crippen molar-refractivity contribution in [3.8, 4) is 0 Å². The number of hydrogen-bond donors (Lipinski definition) is 1. The van der Waals surface area contributed by atoms with E-state index in [9.17, 15) is 0 Å². The number of para-hydroxylation sites is 1. The van der Waals surface area contributed by atoms with Crippen LogP contribution in [0.1, 0.15) is 20.3 Å². The van der Waals surface area contributed by atoms with Gasteiger partial charge in [-0.2, -0.15) is 0 Å². The van der Waals surface area contributed by atoms with E-state index in [0.717, 1.165) is 30.5 Å². The lowest BCUT2D eigenvalue weighted by Gasteiger charge is -2.23. The van der Waals surface area contributed by atoms with Crippen molar-refractivity contribution in [3.05, 3.63) is 23.2 Å². The third-order valence-corrected chi connectivity index (χ3v) is 4.07. The van der Waals surface area contributed by atoms with Gasteiger partial charge < -0.3 is 15.2 Å². The quantitative estimate of drug-likeness (QED) is 0.916. The van der Waals surface area contributed by atoms with Crippen LogP contribution in [0.2, 0.25) is 5.02 Å². The Morgan fingerprint density at radius 2 is 2.21 bits per heavy atom. The van der Waals surface area contributed by atoms with E-state index in [1.807, 2.05) is 22.8 Å². The van der Waals surface area contributed by atoms with Crippen LogP contribution >= 0.6 is 11.6 Å². The molecule has 4 nitrogen and oxygen atoms in total. The maximum atomic E-state index is 6.25. The van der Waals surface area contributed by atoms with Crippen molar-refractivity contribution in [1.82, 2.24) is 14.5 Å². The molecule has 104 valence electrons. The number of anilines is 1. The number of nitrogen functional groups attached to an aromatic ring is 1. The molecule has 5 heteroatoms. The lowest BCUT2D eigenvalue weighted by Crippen LogP contribution is -2.31. The summed E-state index contributed by atoms with van der Waals surface area (Å²) in [6.45, 7) is 6.14. The van der Waals surface area contributed by atoms with Crippen LogP contribution < -0.4 is 5.73 Å². The first-order chi connectivity index (χ1) is 9.04. The Labute approximate surface area is 119 Å². The third kappa shape index (κ3) is 2.85. The first-order valence-electron chi connectivity index (χ1n) is 6.65. The fourth-order valence-corrected chi connectivity index (χ4v) is 2.45. The molecule has 2 N–H and O–H groups in total. The maximum Gasteiger partial charge on any atom is 0.201 e. The molecular weight excluding hydrogens is 260 g/mol. The van der Waals surface area contributed by atoms with Gasteiger partial charge in [-0.3, -0.25) is 0 Å². The molecule has 0 saturated carbocycles. The number of imidazole rings is 1. The fraction of sp³-hybridized carbons (Fsp3) is 0.500. The van der Waals surface area contributed by atoms with E-state index in [4.69, 9.17) is 17.3 Å². The summed E-state index contributed by atoms with van der Waals surface area (Å²) < 4.78 is 2.00. The van der Waals surface area contributed by atoms with Gasteiger partial charge in [0.1, 0.15) is 0 Å². The second-order valence-corrected chi connectivity index (χ2v) is 5.37. The van der Waals surface area contributed by atoms with Gasteiger partial charge in [-0.25, -0.2) is 4.98 Å². The Bertz CT molecular complexity index is 564. The second kappa shape index (κ2) is 5.80. The van der Waals surface area contributed by atoms with Gasteiger partial charge in [-0.15, -0.1) is 0 Å². The lowest BCUT2D eigenvalue weighted by molar-refractivity contribution is 0.244. The minimum Gasteiger partial charge on any atom is -0.369 e. The smallest absolute Gasteiger partial charge is 0.201 e. The molecule has 1 unspecified atom stereocenters. The molecule has 0 aliphatic heterocycles. The molecule has 0 saturated heterocycles. The molecule has 0 aliphatic rings. The van der Waals surface area contributed by atoms with Crippen LogP contribution in [0.15, 0.2) is 18.2 Å². The summed E-state index contributed by atoms with van der Waals surface area (Å²) >= 11 is 6.25. The van der Waals surface area contributed by atoms with Gasteiger partial charge in [0.05, 0.1) is 16.1 Å². The third-order valence-electron chi connectivity index (χ3n) is 3.77. The molecule has 0 bridgehead atoms. The Morgan fingerprint density at radius 1 is 1.47 bits per heavy atom. The predicted molar refractivity (Wildman–Crippen MR) is 81.5 cm³/mol. The minimum absolute atomic E-state index is 0.528. The van der Waals surface area contributed by atoms with Gasteiger partial charge in [0.15, 0.2) is 0 Å². The summed E-state index contributed by atoms with van der Waals surface area (Å²) in [6.07, 6.45) is 1.14. The van der Waals surface area contributed by atoms with Gasteiger partial charge in [0.2, 0.25) is 5.95 Å². The van der Waals surface area contributed by atoms with E-state index < -0.39 is 0 Å². The van der Waals surface area contributed by atoms with Crippen LogP contribution in [0.5, 0.6) is 0 Å². The zero-order chi connectivity index (χ0) is 14.0. The molecule has 19 heavy (non-hydrogen) atoms. The average molecular weight is 281 g/mol. The highest BCUT2D eigenvalue weighted by molar-refractivity contribution is 6.35. The van der Waals surface area contributed by atoms with E-state index in [0.29, 0.717) is 17.0 Å². The summed E-state index contributed by atoms with van der Waals surface area (Å²) in [5, 5.41) is 0.702. The molecule has 0 radical (unpaired) electrons. The number of likely N-dealkylation sites (N-methyl/N-ethyl adjacent to an activating group) is 1. The molecule has 0 fully saturated rings. The monoisotopic (exact) mass is 280 g/mol. The number of fused-ring (bicyclic) bond motifs is 1. The number of aromatic nitrogens is 2. The number of nitrogens with two attached hydrogens (primary N) is 1. The molecule has 1 aromatic carbocycles. The fourth-order valence-electron chi connectivity index (χ4n) is 2.18. The van der Waals surface area contributed by atoms with Crippen molar-refractivity contribution in [2.24, 2.45) is 0 Å². The summed E-state index contributed by atoms with van der Waals surface area (Å²) in [7, 11) is 2.13. The van der Waals surface area contributed by atoms with Crippen LogP contribution in [-0.2, 0) is 6.54 Å². The Morgan fingerprint density at radius 3 is 2.89 bits per heavy atom. The number of halogens is 1. The van der Waals surface area contributed by atoms with E-state index in [1.54, 1.807) is 0 Å². The van der Waals surface area contributed by atoms with Crippen LogP contribution in [0.25, 0.3) is 11.0 Å². The Hall–Kier alpha value is -1.26. The molecule has 0 amide bonds. The predicted octanol–water partition coefficient (Wildman–Crippen LogP) is 3.00. The normalized spacial score (nSPS) is 13.3. The summed E-state index contributed by atoms with van der Waals surface area (Å²) in [4.78, 5) is 6.68. The minimum atomic E-state index is 0.528. The molecule has 1 atom stereocenters. The van der Waals surface area contributed by atoms with E-state index in [1.165, 1.54) is 0 Å². The highest BCUT2D eigenvalue weighted by Crippen LogP contribution is 2.25. The Kier molecular flexibility index (Phi) is 4.32. The highest BCUT2D eigenvalue weighted by Gasteiger charge is 2.13. The van der Waals surface area contributed by atoms with Crippen LogP contribution in [-0.4, -0.2) is 34.1 Å². The van der Waals surface area contributed by atoms with Gasteiger partial charge in [-0.1, -0.05) is 24.6 Å². The van der Waals surface area contributed by atoms with Crippen molar-refractivity contribution in [2.75, 3.05) is 19.3 Å². The number of benzene rings is 1. The second-order valence-electron chi connectivity index (χ2n) is 4.97. The number of rotatable bonds is 5. The first-order valence-corrected chi connectivity index (χ1v) is 7.02. The SMILES string of the molecule is CCC(C)N(C)CCn1c(N)nc2cccc(Cl)c21. The van der Waals surface area contributed by atoms with Gasteiger partial charge in [-0.05, 0) is 32.5 Å². The number of nitrogens with zero attached hydrogens (tertiary/aromatic N) is 3. The van der Waals surface area contributed by atoms with Crippen LogP contribution in [0.4, 0.5) is 5.95 Å². The van der Waals surface area contributed by atoms with Crippen molar-refractivity contribution < 1.29 is 0 Å². The van der Waals surface area contributed by atoms with Gasteiger partial charge in [0.25, 0.3) is 0 Å². The molecule has 2 rings (SSSR count). The van der Waals surface area contributed by atoms with Crippen molar-refractivity contribution in [1.29, 1.82) is 0 Å². The topological polar surface area (TPSA) is 47.1 Å². The zero-order valence-corrected chi connectivity index (χ0v) is 12.5. The highest BCUT2D eigenvalue weighted by atomic mass is 35.5. The van der Waals surface area contributed by atoms with E-state index in [2.05, 4.69) is 30.8 Å². The standard InChI is InChI=1S/C14H21ClN4/c1-4-10(2)18(3)8-9-19-13-11(15)6-5-7-12(13)17-14(19)16/h5-7,10H,4,8-9H2,1-3H3,(H2,16,17). The van der Waals surface area contributed by atoms with Crippen molar-refractivity contribution >= 4 is 28.6 Å². The molecule has 1 aromatic heterocycles. The summed E-state index contributed by atoms with van der Waals surface area (Å²) in [5.74, 6) is 0.528. The average Bonchev–Trinajstić information content (AvgIpc) is 2.72. The lowest BCUT2D eigenvalue weighted by atomic mass is 10.2. The van der Waals surface area contributed by atoms with Crippen molar-refractivity contribution in [3.63, 3.8) is 0 Å². The summed E-state index contributed by atoms with van der Waals surface area (Å²) in [6, 6.07) is 6.27. The summed E-state index contributed by atoms with van der Waals surface area (Å²) in [5.41, 5.74) is 7.78. The first kappa shape index (κ1) is 14.2. The number of hydrogen-bond acceptors (Lipinski definition) is 3.